The van der Waals surface area contributed by atoms with E-state index in [1.54, 1.807) is 21.6 Å². The smallest absolute Gasteiger partial charge is 0.267 e. The van der Waals surface area contributed by atoms with Crippen LogP contribution in [0.2, 0.25) is 0 Å². The Bertz CT molecular complexity index is 1230. The molecule has 35 heavy (non-hydrogen) atoms. The number of hydrogen-bond donors (Lipinski definition) is 2. The monoisotopic (exact) mass is 516 g/mol. The molecule has 0 saturated carbocycles. The topological polar surface area (TPSA) is 91.8 Å². The van der Waals surface area contributed by atoms with Crippen LogP contribution < -0.4 is 15.4 Å². The van der Waals surface area contributed by atoms with Gasteiger partial charge in [-0.15, -0.1) is 0 Å². The molecule has 11 heteroatoms. The number of piperazine rings is 1. The van der Waals surface area contributed by atoms with Crippen LogP contribution in [0.4, 0.5) is 5.82 Å². The van der Waals surface area contributed by atoms with Crippen molar-refractivity contribution in [1.29, 1.82) is 0 Å². The standard InChI is InChI=1S/C24H29N5O4S2/c1-16-4-2-6-28-20(16)25-21(27-9-7-26(8-10-27)11-12-30)18(22(28)31)14-19-23(32)29(24(34)35-19)15-17-5-3-13-33-17/h2,4,6,14,17,30H,3,5,7-13,15H2,1H3/p+1/b19-14+/t17-/m1/s1. The van der Waals surface area contributed by atoms with Gasteiger partial charge in [-0.05, 0) is 37.5 Å². The third kappa shape index (κ3) is 4.88. The number of carbonyl (C=O) groups excluding carboxylic acids is 1. The summed E-state index contributed by atoms with van der Waals surface area (Å²) in [4.78, 5) is 37.3. The molecule has 3 saturated heterocycles. The summed E-state index contributed by atoms with van der Waals surface area (Å²) in [5.41, 5.74) is 1.71. The molecule has 0 aliphatic carbocycles. The molecular weight excluding hydrogens is 486 g/mol. The van der Waals surface area contributed by atoms with E-state index in [1.807, 2.05) is 19.1 Å². The predicted octanol–water partition coefficient (Wildman–Crippen LogP) is 0.0803. The molecule has 0 unspecified atom stereocenters. The number of rotatable bonds is 6. The van der Waals surface area contributed by atoms with Crippen molar-refractivity contribution >= 4 is 51.7 Å². The van der Waals surface area contributed by atoms with Crippen LogP contribution in [0, 0.1) is 6.92 Å². The number of hydrogen-bond acceptors (Lipinski definition) is 8. The molecule has 5 heterocycles. The molecule has 0 bridgehead atoms. The number of aromatic nitrogens is 2. The van der Waals surface area contributed by atoms with Crippen molar-refractivity contribution in [2.75, 3.05) is 57.4 Å². The van der Waals surface area contributed by atoms with Gasteiger partial charge in [0.25, 0.3) is 11.5 Å². The molecule has 1 atom stereocenters. The quantitative estimate of drug-likeness (QED) is 0.412. The molecule has 2 aromatic heterocycles. The SMILES string of the molecule is Cc1cccn2c(=O)c(/C=C3/SC(=S)N(C[C@H]4CCCO4)C3=O)c(N3CC[NH+](CCO)CC3)nc12. The number of carbonyl (C=O) groups is 1. The number of aliphatic hydroxyl groups is 1. The average Bonchev–Trinajstić information content (AvgIpc) is 3.46. The summed E-state index contributed by atoms with van der Waals surface area (Å²) in [6.45, 7) is 7.07. The van der Waals surface area contributed by atoms with Gasteiger partial charge < -0.3 is 19.6 Å². The third-order valence-corrected chi connectivity index (χ3v) is 8.24. The molecule has 9 nitrogen and oxygen atoms in total. The zero-order chi connectivity index (χ0) is 24.5. The van der Waals surface area contributed by atoms with Gasteiger partial charge in [-0.3, -0.25) is 18.9 Å². The normalized spacial score (nSPS) is 22.8. The van der Waals surface area contributed by atoms with Crippen LogP contribution in [0.15, 0.2) is 28.0 Å². The van der Waals surface area contributed by atoms with Crippen molar-refractivity contribution in [2.45, 2.75) is 25.9 Å². The Morgan fingerprint density at radius 1 is 1.34 bits per heavy atom. The second-order valence-corrected chi connectivity index (χ2v) is 10.9. The van der Waals surface area contributed by atoms with E-state index in [1.165, 1.54) is 16.7 Å². The van der Waals surface area contributed by atoms with E-state index in [9.17, 15) is 14.7 Å². The van der Waals surface area contributed by atoms with Crippen LogP contribution in [0.5, 0.6) is 0 Å². The molecular formula is C24H30N5O4S2+. The number of anilines is 1. The van der Waals surface area contributed by atoms with E-state index in [4.69, 9.17) is 21.9 Å². The fraction of sp³-hybridized carbons (Fsp3) is 0.500. The number of aryl methyl sites for hydroxylation is 1. The highest BCUT2D eigenvalue weighted by Gasteiger charge is 2.35. The third-order valence-electron chi connectivity index (χ3n) is 6.86. The lowest BCUT2D eigenvalue weighted by Crippen LogP contribution is -3.15. The van der Waals surface area contributed by atoms with Gasteiger partial charge in [0.15, 0.2) is 0 Å². The maximum atomic E-state index is 13.7. The lowest BCUT2D eigenvalue weighted by atomic mass is 10.2. The van der Waals surface area contributed by atoms with E-state index >= 15 is 0 Å². The number of aliphatic hydroxyl groups excluding tert-OH is 1. The Morgan fingerprint density at radius 3 is 2.86 bits per heavy atom. The van der Waals surface area contributed by atoms with Crippen molar-refractivity contribution in [3.8, 4) is 0 Å². The first kappa shape index (κ1) is 24.4. The van der Waals surface area contributed by atoms with E-state index in [0.29, 0.717) is 59.0 Å². The molecule has 5 rings (SSSR count). The summed E-state index contributed by atoms with van der Waals surface area (Å²) in [5.74, 6) is 0.407. The van der Waals surface area contributed by atoms with Crippen LogP contribution in [0.25, 0.3) is 11.7 Å². The maximum absolute atomic E-state index is 13.7. The van der Waals surface area contributed by atoms with Crippen LogP contribution in [0.3, 0.4) is 0 Å². The zero-order valence-corrected chi connectivity index (χ0v) is 21.4. The van der Waals surface area contributed by atoms with Gasteiger partial charge in [0.05, 0.1) is 55.9 Å². The van der Waals surface area contributed by atoms with E-state index in [2.05, 4.69) is 4.90 Å². The van der Waals surface area contributed by atoms with Gasteiger partial charge in [0, 0.05) is 12.8 Å². The summed E-state index contributed by atoms with van der Waals surface area (Å²) in [6.07, 6.45) is 5.29. The molecule has 0 spiro atoms. The first-order chi connectivity index (χ1) is 17.0. The predicted molar refractivity (Wildman–Crippen MR) is 140 cm³/mol. The molecule has 1 amide bonds. The van der Waals surface area contributed by atoms with Gasteiger partial charge in [-0.25, -0.2) is 4.98 Å². The zero-order valence-electron chi connectivity index (χ0n) is 19.7. The summed E-state index contributed by atoms with van der Waals surface area (Å²) in [6, 6.07) is 3.76. The van der Waals surface area contributed by atoms with Crippen LogP contribution in [-0.4, -0.2) is 88.2 Å². The van der Waals surface area contributed by atoms with Crippen LogP contribution in [-0.2, 0) is 9.53 Å². The van der Waals surface area contributed by atoms with Crippen molar-refractivity contribution in [3.05, 3.63) is 44.7 Å². The van der Waals surface area contributed by atoms with Gasteiger partial charge in [-0.1, -0.05) is 30.0 Å². The number of nitrogens with one attached hydrogen (secondary N) is 1. The lowest BCUT2D eigenvalue weighted by Gasteiger charge is -2.33. The number of fused-ring (bicyclic) bond motifs is 1. The molecule has 3 aliphatic rings. The highest BCUT2D eigenvalue weighted by molar-refractivity contribution is 8.26. The summed E-state index contributed by atoms with van der Waals surface area (Å²) >= 11 is 6.73. The fourth-order valence-electron chi connectivity index (χ4n) is 4.89. The minimum atomic E-state index is -0.205. The highest BCUT2D eigenvalue weighted by atomic mass is 32.2. The minimum Gasteiger partial charge on any atom is -0.391 e. The average molecular weight is 517 g/mol. The van der Waals surface area contributed by atoms with Crippen molar-refractivity contribution in [1.82, 2.24) is 14.3 Å². The van der Waals surface area contributed by atoms with Gasteiger partial charge in [-0.2, -0.15) is 0 Å². The van der Waals surface area contributed by atoms with Crippen LogP contribution in [0.1, 0.15) is 24.0 Å². The summed E-state index contributed by atoms with van der Waals surface area (Å²) < 4.78 is 7.73. The van der Waals surface area contributed by atoms with Gasteiger partial charge >= 0.3 is 0 Å². The Balaban J connectivity index is 1.52. The Morgan fingerprint density at radius 2 is 2.14 bits per heavy atom. The van der Waals surface area contributed by atoms with E-state index < -0.39 is 0 Å². The number of nitrogens with zero attached hydrogens (tertiary/aromatic N) is 4. The van der Waals surface area contributed by atoms with E-state index in [0.717, 1.165) is 31.5 Å². The second-order valence-electron chi connectivity index (χ2n) is 9.18. The second kappa shape index (κ2) is 10.4. The maximum Gasteiger partial charge on any atom is 0.267 e. The number of thiocarbonyl (C=S) groups is 1. The Kier molecular flexibility index (Phi) is 7.21. The lowest BCUT2D eigenvalue weighted by molar-refractivity contribution is -0.900. The molecule has 2 aromatic rings. The Hall–Kier alpha value is -2.31. The molecule has 3 fully saturated rings. The van der Waals surface area contributed by atoms with Crippen molar-refractivity contribution in [3.63, 3.8) is 0 Å². The highest BCUT2D eigenvalue weighted by Crippen LogP contribution is 2.34. The van der Waals surface area contributed by atoms with Gasteiger partial charge in [0.2, 0.25) is 0 Å². The van der Waals surface area contributed by atoms with Crippen LogP contribution >= 0.6 is 24.0 Å². The van der Waals surface area contributed by atoms with Crippen molar-refractivity contribution < 1.29 is 19.5 Å². The first-order valence-electron chi connectivity index (χ1n) is 12.0. The van der Waals surface area contributed by atoms with Crippen molar-refractivity contribution in [2.24, 2.45) is 0 Å². The van der Waals surface area contributed by atoms with Gasteiger partial charge in [0.1, 0.15) is 22.3 Å². The fourth-order valence-corrected chi connectivity index (χ4v) is 6.15. The number of thioether (sulfide) groups is 1. The number of amides is 1. The number of quaternary nitrogens is 1. The number of pyridine rings is 1. The molecule has 3 aliphatic heterocycles. The molecule has 0 aromatic carbocycles. The summed E-state index contributed by atoms with van der Waals surface area (Å²) in [7, 11) is 0. The molecule has 2 N–H and O–H groups in total. The molecule has 0 radical (unpaired) electrons. The Labute approximate surface area is 213 Å². The largest absolute Gasteiger partial charge is 0.391 e. The first-order valence-corrected chi connectivity index (χ1v) is 13.3. The molecule has 186 valence electrons. The van der Waals surface area contributed by atoms with E-state index in [-0.39, 0.29) is 24.2 Å². The number of ether oxygens (including phenoxy) is 1. The minimum absolute atomic E-state index is 0.000984. The summed E-state index contributed by atoms with van der Waals surface area (Å²) in [5, 5.41) is 9.29.